The molecule has 0 aromatic heterocycles. The van der Waals surface area contributed by atoms with Crippen LogP contribution in [0.1, 0.15) is 34.1 Å². The van der Waals surface area contributed by atoms with E-state index in [2.05, 4.69) is 5.32 Å². The molecule has 6 nitrogen and oxygen atoms in total. The molecule has 142 valence electrons. The molecule has 0 aliphatic carbocycles. The molecule has 27 heavy (non-hydrogen) atoms. The van der Waals surface area contributed by atoms with E-state index in [1.54, 1.807) is 31.2 Å². The van der Waals surface area contributed by atoms with Crippen LogP contribution in [0, 0.1) is 0 Å². The summed E-state index contributed by atoms with van der Waals surface area (Å²) in [6, 6.07) is 8.97. The number of carbonyl (C=O) groups excluding carboxylic acids is 3. The Hall–Kier alpha value is -2.57. The molecule has 2 aromatic carbocycles. The number of halogens is 2. The molecule has 0 unspecified atom stereocenters. The molecule has 0 saturated carbocycles. The van der Waals surface area contributed by atoms with Gasteiger partial charge in [0.05, 0.1) is 17.8 Å². The number of hydrogen-bond donors (Lipinski definition) is 1. The fourth-order valence-corrected chi connectivity index (χ4v) is 2.48. The highest BCUT2D eigenvalue weighted by Crippen LogP contribution is 2.31. The zero-order chi connectivity index (χ0) is 20.0. The monoisotopic (exact) mass is 409 g/mol. The van der Waals surface area contributed by atoms with Crippen molar-refractivity contribution in [1.29, 1.82) is 0 Å². The molecular weight excluding hydrogens is 393 g/mol. The topological polar surface area (TPSA) is 81.7 Å². The van der Waals surface area contributed by atoms with Gasteiger partial charge in [0.2, 0.25) is 5.91 Å². The van der Waals surface area contributed by atoms with Crippen LogP contribution in [0.5, 0.6) is 5.75 Å². The van der Waals surface area contributed by atoms with Crippen molar-refractivity contribution in [2.75, 3.05) is 19.0 Å². The number of anilines is 1. The Labute approximate surface area is 166 Å². The molecule has 0 atom stereocenters. The number of nitrogens with one attached hydrogen (secondary N) is 1. The fourth-order valence-electron chi connectivity index (χ4n) is 2.14. The van der Waals surface area contributed by atoms with Crippen molar-refractivity contribution in [1.82, 2.24) is 0 Å². The summed E-state index contributed by atoms with van der Waals surface area (Å²) in [6.07, 6.45) is 0.273. The first-order valence-corrected chi connectivity index (χ1v) is 8.74. The van der Waals surface area contributed by atoms with Crippen molar-refractivity contribution >= 4 is 46.5 Å². The quantitative estimate of drug-likeness (QED) is 0.541. The van der Waals surface area contributed by atoms with Crippen molar-refractivity contribution in [2.45, 2.75) is 13.3 Å². The van der Waals surface area contributed by atoms with Crippen LogP contribution in [0.4, 0.5) is 5.69 Å². The molecule has 0 aliphatic rings. The second kappa shape index (κ2) is 9.39. The molecule has 1 N–H and O–H groups in total. The number of methoxy groups -OCH3 is 1. The standard InChI is InChI=1S/C19H17Cl2NO5/c1-3-18(24)22-15-9-17(26-2)13(8-14(15)21)19(25)27-10-16(23)11-4-6-12(20)7-5-11/h4-9H,3,10H2,1-2H3,(H,22,24). The number of Topliss-reactive ketones (excluding diaryl/α,β-unsaturated/α-hetero) is 1. The van der Waals surface area contributed by atoms with E-state index >= 15 is 0 Å². The number of carbonyl (C=O) groups is 3. The third-order valence-electron chi connectivity index (χ3n) is 3.60. The first-order valence-electron chi connectivity index (χ1n) is 7.99. The van der Waals surface area contributed by atoms with Crippen LogP contribution in [0.15, 0.2) is 36.4 Å². The van der Waals surface area contributed by atoms with Crippen LogP contribution < -0.4 is 10.1 Å². The molecule has 8 heteroatoms. The largest absolute Gasteiger partial charge is 0.496 e. The molecule has 1 amide bonds. The molecule has 0 heterocycles. The van der Waals surface area contributed by atoms with E-state index in [9.17, 15) is 14.4 Å². The lowest BCUT2D eigenvalue weighted by atomic mass is 10.1. The second-order valence-electron chi connectivity index (χ2n) is 5.44. The average Bonchev–Trinajstić information content (AvgIpc) is 2.67. The highest BCUT2D eigenvalue weighted by Gasteiger charge is 2.19. The number of amides is 1. The summed E-state index contributed by atoms with van der Waals surface area (Å²) in [5.74, 6) is -1.22. The molecule has 0 bridgehead atoms. The Balaban J connectivity index is 2.13. The van der Waals surface area contributed by atoms with Crippen LogP contribution in [0.25, 0.3) is 0 Å². The number of esters is 1. The highest BCUT2D eigenvalue weighted by atomic mass is 35.5. The third kappa shape index (κ3) is 5.45. The summed E-state index contributed by atoms with van der Waals surface area (Å²) in [5.41, 5.74) is 0.727. The minimum Gasteiger partial charge on any atom is -0.496 e. The van der Waals surface area contributed by atoms with Gasteiger partial charge in [0.15, 0.2) is 12.4 Å². The summed E-state index contributed by atoms with van der Waals surface area (Å²) >= 11 is 11.9. The predicted octanol–water partition coefficient (Wildman–Crippen LogP) is 4.39. The summed E-state index contributed by atoms with van der Waals surface area (Å²) < 4.78 is 10.2. The summed E-state index contributed by atoms with van der Waals surface area (Å²) in [6.45, 7) is 1.25. The number of ketones is 1. The van der Waals surface area contributed by atoms with Gasteiger partial charge in [-0.25, -0.2) is 4.79 Å². The molecule has 0 spiro atoms. The summed E-state index contributed by atoms with van der Waals surface area (Å²) in [5, 5.41) is 3.25. The fraction of sp³-hybridized carbons (Fsp3) is 0.211. The number of rotatable bonds is 7. The lowest BCUT2D eigenvalue weighted by molar-refractivity contribution is -0.115. The molecular formula is C19H17Cl2NO5. The minimum atomic E-state index is -0.774. The Kier molecular flexibility index (Phi) is 7.21. The Morgan fingerprint density at radius 1 is 1.07 bits per heavy atom. The summed E-state index contributed by atoms with van der Waals surface area (Å²) in [4.78, 5) is 36.0. The van der Waals surface area contributed by atoms with Gasteiger partial charge in [-0.15, -0.1) is 0 Å². The zero-order valence-electron chi connectivity index (χ0n) is 14.7. The van der Waals surface area contributed by atoms with Crippen LogP contribution in [-0.2, 0) is 9.53 Å². The van der Waals surface area contributed by atoms with Crippen molar-refractivity contribution in [2.24, 2.45) is 0 Å². The molecule has 2 aromatic rings. The molecule has 2 rings (SSSR count). The van der Waals surface area contributed by atoms with Crippen LogP contribution in [0.2, 0.25) is 10.0 Å². The Bertz CT molecular complexity index is 865. The smallest absolute Gasteiger partial charge is 0.342 e. The van der Waals surface area contributed by atoms with Crippen molar-refractivity contribution in [3.8, 4) is 5.75 Å². The maximum Gasteiger partial charge on any atom is 0.342 e. The lowest BCUT2D eigenvalue weighted by Crippen LogP contribution is -2.15. The van der Waals surface area contributed by atoms with Gasteiger partial charge >= 0.3 is 5.97 Å². The Morgan fingerprint density at radius 3 is 2.33 bits per heavy atom. The van der Waals surface area contributed by atoms with E-state index in [0.717, 1.165) is 0 Å². The Morgan fingerprint density at radius 2 is 1.74 bits per heavy atom. The van der Waals surface area contributed by atoms with E-state index < -0.39 is 12.6 Å². The normalized spacial score (nSPS) is 10.2. The maximum absolute atomic E-state index is 12.3. The van der Waals surface area contributed by atoms with E-state index in [-0.39, 0.29) is 34.4 Å². The average molecular weight is 410 g/mol. The SMILES string of the molecule is CCC(=O)Nc1cc(OC)c(C(=O)OCC(=O)c2ccc(Cl)cc2)cc1Cl. The zero-order valence-corrected chi connectivity index (χ0v) is 16.2. The van der Waals surface area contributed by atoms with Gasteiger partial charge in [0.25, 0.3) is 0 Å². The van der Waals surface area contributed by atoms with Crippen LogP contribution >= 0.6 is 23.2 Å². The molecule has 0 saturated heterocycles. The van der Waals surface area contributed by atoms with Gasteiger partial charge in [-0.3, -0.25) is 9.59 Å². The first kappa shape index (κ1) is 20.7. The minimum absolute atomic E-state index is 0.0425. The van der Waals surface area contributed by atoms with E-state index in [4.69, 9.17) is 32.7 Å². The number of benzene rings is 2. The summed E-state index contributed by atoms with van der Waals surface area (Å²) in [7, 11) is 1.37. The molecule has 0 aliphatic heterocycles. The van der Waals surface area contributed by atoms with E-state index in [1.807, 2.05) is 0 Å². The molecule has 0 fully saturated rings. The first-order chi connectivity index (χ1) is 12.8. The van der Waals surface area contributed by atoms with Gasteiger partial charge in [-0.2, -0.15) is 0 Å². The van der Waals surface area contributed by atoms with Crippen molar-refractivity contribution < 1.29 is 23.9 Å². The van der Waals surface area contributed by atoms with Crippen molar-refractivity contribution in [3.05, 3.63) is 57.6 Å². The van der Waals surface area contributed by atoms with Crippen molar-refractivity contribution in [3.63, 3.8) is 0 Å². The van der Waals surface area contributed by atoms with E-state index in [0.29, 0.717) is 16.3 Å². The van der Waals surface area contributed by atoms with Gasteiger partial charge in [-0.05, 0) is 30.3 Å². The van der Waals surface area contributed by atoms with E-state index in [1.165, 1.54) is 19.2 Å². The van der Waals surface area contributed by atoms with Gasteiger partial charge < -0.3 is 14.8 Å². The van der Waals surface area contributed by atoms with Gasteiger partial charge in [-0.1, -0.05) is 30.1 Å². The molecule has 0 radical (unpaired) electrons. The van der Waals surface area contributed by atoms with Crippen LogP contribution in [-0.4, -0.2) is 31.4 Å². The number of hydrogen-bond acceptors (Lipinski definition) is 5. The van der Waals surface area contributed by atoms with Gasteiger partial charge in [0.1, 0.15) is 11.3 Å². The predicted molar refractivity (Wildman–Crippen MR) is 103 cm³/mol. The lowest BCUT2D eigenvalue weighted by Gasteiger charge is -2.13. The highest BCUT2D eigenvalue weighted by molar-refractivity contribution is 6.34. The maximum atomic E-state index is 12.3. The number of ether oxygens (including phenoxy) is 2. The third-order valence-corrected chi connectivity index (χ3v) is 4.17. The van der Waals surface area contributed by atoms with Gasteiger partial charge in [0, 0.05) is 23.1 Å². The van der Waals surface area contributed by atoms with Crippen LogP contribution in [0.3, 0.4) is 0 Å². The second-order valence-corrected chi connectivity index (χ2v) is 6.28.